The van der Waals surface area contributed by atoms with Crippen molar-refractivity contribution in [1.29, 1.82) is 0 Å². The van der Waals surface area contributed by atoms with Gasteiger partial charge in [0.2, 0.25) is 11.8 Å². The topological polar surface area (TPSA) is 40.6 Å². The van der Waals surface area contributed by atoms with E-state index in [1.807, 2.05) is 18.7 Å². The van der Waals surface area contributed by atoms with Crippen LogP contribution in [0.2, 0.25) is 0 Å². The molecule has 0 atom stereocenters. The molecule has 1 heterocycles. The first-order valence-electron chi connectivity index (χ1n) is 6.18. The molecule has 4 nitrogen and oxygen atoms in total. The van der Waals surface area contributed by atoms with E-state index in [2.05, 4.69) is 0 Å². The number of hydrogen-bond donors (Lipinski definition) is 0. The van der Waals surface area contributed by atoms with Crippen molar-refractivity contribution in [3.05, 3.63) is 0 Å². The molecule has 0 aromatic carbocycles. The molecule has 0 unspecified atom stereocenters. The Hall–Kier alpha value is -1.06. The molecule has 4 heteroatoms. The molecular weight excluding hydrogens is 204 g/mol. The van der Waals surface area contributed by atoms with Gasteiger partial charge in [-0.15, -0.1) is 0 Å². The minimum atomic E-state index is 0.0916. The van der Waals surface area contributed by atoms with Gasteiger partial charge in [0, 0.05) is 25.0 Å². The Kier molecular flexibility index (Phi) is 3.17. The number of piperazine rings is 1. The highest BCUT2D eigenvalue weighted by Crippen LogP contribution is 2.28. The predicted octanol–water partition coefficient (Wildman–Crippen LogP) is 0.866. The van der Waals surface area contributed by atoms with Gasteiger partial charge in [0.15, 0.2) is 0 Å². The van der Waals surface area contributed by atoms with Gasteiger partial charge in [0.25, 0.3) is 0 Å². The normalized spacial score (nSPS) is 22.6. The van der Waals surface area contributed by atoms with Crippen molar-refractivity contribution < 1.29 is 9.59 Å². The first-order valence-corrected chi connectivity index (χ1v) is 6.18. The fraction of sp³-hybridized carbons (Fsp3) is 0.833. The van der Waals surface area contributed by atoms with E-state index in [-0.39, 0.29) is 30.3 Å². The lowest BCUT2D eigenvalue weighted by atomic mass is 9.84. The molecule has 0 aromatic heterocycles. The van der Waals surface area contributed by atoms with Crippen LogP contribution in [-0.4, -0.2) is 47.3 Å². The zero-order chi connectivity index (χ0) is 11.7. The summed E-state index contributed by atoms with van der Waals surface area (Å²) >= 11 is 0. The van der Waals surface area contributed by atoms with Crippen LogP contribution in [-0.2, 0) is 9.59 Å². The molecule has 16 heavy (non-hydrogen) atoms. The van der Waals surface area contributed by atoms with Gasteiger partial charge in [0.1, 0.15) is 0 Å². The van der Waals surface area contributed by atoms with Gasteiger partial charge in [-0.25, -0.2) is 0 Å². The summed E-state index contributed by atoms with van der Waals surface area (Å²) in [6, 6.07) is 0.244. The SMILES string of the molecule is CC(C)N1CCN(C(=O)C2CCC2)CC1=O. The summed E-state index contributed by atoms with van der Waals surface area (Å²) in [5.74, 6) is 0.496. The number of nitrogens with zero attached hydrogens (tertiary/aromatic N) is 2. The number of carbonyl (C=O) groups excluding carboxylic acids is 2. The van der Waals surface area contributed by atoms with Crippen molar-refractivity contribution in [3.8, 4) is 0 Å². The van der Waals surface area contributed by atoms with E-state index in [1.54, 1.807) is 4.90 Å². The third-order valence-electron chi connectivity index (χ3n) is 3.65. The smallest absolute Gasteiger partial charge is 0.242 e. The Labute approximate surface area is 96.6 Å². The zero-order valence-corrected chi connectivity index (χ0v) is 10.1. The van der Waals surface area contributed by atoms with Crippen molar-refractivity contribution in [3.63, 3.8) is 0 Å². The van der Waals surface area contributed by atoms with Gasteiger partial charge in [-0.3, -0.25) is 9.59 Å². The maximum absolute atomic E-state index is 12.0. The standard InChI is InChI=1S/C12H20N2O2/c1-9(2)14-7-6-13(8-11(14)15)12(16)10-4-3-5-10/h9-10H,3-8H2,1-2H3. The molecule has 2 amide bonds. The Morgan fingerprint density at radius 1 is 1.31 bits per heavy atom. The number of carbonyl (C=O) groups is 2. The van der Waals surface area contributed by atoms with E-state index >= 15 is 0 Å². The van der Waals surface area contributed by atoms with Gasteiger partial charge in [-0.1, -0.05) is 6.42 Å². The average Bonchev–Trinajstić information content (AvgIpc) is 2.14. The maximum Gasteiger partial charge on any atom is 0.242 e. The van der Waals surface area contributed by atoms with Crippen LogP contribution in [0.4, 0.5) is 0 Å². The van der Waals surface area contributed by atoms with Gasteiger partial charge >= 0.3 is 0 Å². The third-order valence-corrected chi connectivity index (χ3v) is 3.65. The minimum absolute atomic E-state index is 0.0916. The minimum Gasteiger partial charge on any atom is -0.337 e. The summed E-state index contributed by atoms with van der Waals surface area (Å²) in [6.45, 7) is 5.71. The van der Waals surface area contributed by atoms with Crippen LogP contribution in [0.15, 0.2) is 0 Å². The second-order valence-corrected chi connectivity index (χ2v) is 5.07. The first-order chi connectivity index (χ1) is 7.59. The van der Waals surface area contributed by atoms with Gasteiger partial charge < -0.3 is 9.80 Å². The second-order valence-electron chi connectivity index (χ2n) is 5.07. The third kappa shape index (κ3) is 2.06. The summed E-state index contributed by atoms with van der Waals surface area (Å²) in [5.41, 5.74) is 0. The summed E-state index contributed by atoms with van der Waals surface area (Å²) in [6.07, 6.45) is 3.19. The van der Waals surface area contributed by atoms with Crippen LogP contribution in [0, 0.1) is 5.92 Å². The molecule has 2 rings (SSSR count). The maximum atomic E-state index is 12.0. The Bertz CT molecular complexity index is 297. The highest BCUT2D eigenvalue weighted by Gasteiger charge is 2.34. The van der Waals surface area contributed by atoms with Gasteiger partial charge in [-0.2, -0.15) is 0 Å². The Balaban J connectivity index is 1.91. The summed E-state index contributed by atoms with van der Waals surface area (Å²) < 4.78 is 0. The Morgan fingerprint density at radius 3 is 2.44 bits per heavy atom. The van der Waals surface area contributed by atoms with Gasteiger partial charge in [0.05, 0.1) is 6.54 Å². The molecule has 1 saturated carbocycles. The summed E-state index contributed by atoms with van der Waals surface area (Å²) in [4.78, 5) is 27.4. The van der Waals surface area contributed by atoms with Crippen LogP contribution in [0.25, 0.3) is 0 Å². The van der Waals surface area contributed by atoms with Crippen LogP contribution in [0.1, 0.15) is 33.1 Å². The van der Waals surface area contributed by atoms with Gasteiger partial charge in [-0.05, 0) is 26.7 Å². The molecule has 0 spiro atoms. The van der Waals surface area contributed by atoms with Crippen LogP contribution >= 0.6 is 0 Å². The molecule has 1 aliphatic carbocycles. The monoisotopic (exact) mass is 224 g/mol. The van der Waals surface area contributed by atoms with E-state index in [9.17, 15) is 9.59 Å². The van der Waals surface area contributed by atoms with E-state index < -0.39 is 0 Å². The zero-order valence-electron chi connectivity index (χ0n) is 10.1. The van der Waals surface area contributed by atoms with Crippen molar-refractivity contribution in [1.82, 2.24) is 9.80 Å². The molecule has 2 fully saturated rings. The number of hydrogen-bond acceptors (Lipinski definition) is 2. The fourth-order valence-corrected chi connectivity index (χ4v) is 2.33. The molecule has 90 valence electrons. The molecule has 0 aromatic rings. The second kappa shape index (κ2) is 4.44. The summed E-state index contributed by atoms with van der Waals surface area (Å²) in [5, 5.41) is 0. The molecule has 0 N–H and O–H groups in total. The van der Waals surface area contributed by atoms with Crippen molar-refractivity contribution in [2.75, 3.05) is 19.6 Å². The van der Waals surface area contributed by atoms with Crippen LogP contribution < -0.4 is 0 Å². The number of rotatable bonds is 2. The quantitative estimate of drug-likeness (QED) is 0.698. The highest BCUT2D eigenvalue weighted by molar-refractivity contribution is 5.87. The van der Waals surface area contributed by atoms with E-state index in [4.69, 9.17) is 0 Å². The Morgan fingerprint density at radius 2 is 2.00 bits per heavy atom. The van der Waals surface area contributed by atoms with Crippen LogP contribution in [0.3, 0.4) is 0 Å². The first kappa shape index (κ1) is 11.4. The molecule has 0 radical (unpaired) electrons. The van der Waals surface area contributed by atoms with E-state index in [0.717, 1.165) is 19.3 Å². The summed E-state index contributed by atoms with van der Waals surface area (Å²) in [7, 11) is 0. The van der Waals surface area contributed by atoms with Crippen molar-refractivity contribution in [2.24, 2.45) is 5.92 Å². The largest absolute Gasteiger partial charge is 0.337 e. The highest BCUT2D eigenvalue weighted by atomic mass is 16.2. The molecule has 0 bridgehead atoms. The lowest BCUT2D eigenvalue weighted by molar-refractivity contribution is -0.150. The molecule has 2 aliphatic rings. The molecule has 1 aliphatic heterocycles. The average molecular weight is 224 g/mol. The lowest BCUT2D eigenvalue weighted by Crippen LogP contribution is -2.55. The fourth-order valence-electron chi connectivity index (χ4n) is 2.33. The van der Waals surface area contributed by atoms with E-state index in [0.29, 0.717) is 13.1 Å². The predicted molar refractivity (Wildman–Crippen MR) is 60.8 cm³/mol. The van der Waals surface area contributed by atoms with E-state index in [1.165, 1.54) is 0 Å². The molecule has 1 saturated heterocycles. The lowest BCUT2D eigenvalue weighted by Gasteiger charge is -2.39. The van der Waals surface area contributed by atoms with Crippen LogP contribution in [0.5, 0.6) is 0 Å². The van der Waals surface area contributed by atoms with Crippen molar-refractivity contribution in [2.45, 2.75) is 39.2 Å². The number of amides is 2. The van der Waals surface area contributed by atoms with Crippen molar-refractivity contribution >= 4 is 11.8 Å². The molecular formula is C12H20N2O2.